The lowest BCUT2D eigenvalue weighted by Gasteiger charge is -2.15. The SMILES string of the molecule is CCc1nnsc1C(=O)N(C)Cc1cnn(C)c1. The lowest BCUT2D eigenvalue weighted by Crippen LogP contribution is -2.26. The maximum absolute atomic E-state index is 12.2. The van der Waals surface area contributed by atoms with Gasteiger partial charge in [-0.15, -0.1) is 5.10 Å². The molecule has 18 heavy (non-hydrogen) atoms. The number of hydrogen-bond donors (Lipinski definition) is 0. The second kappa shape index (κ2) is 5.26. The molecule has 0 saturated carbocycles. The Labute approximate surface area is 109 Å². The molecule has 0 aliphatic rings. The fraction of sp³-hybridized carbons (Fsp3) is 0.455. The summed E-state index contributed by atoms with van der Waals surface area (Å²) in [6.45, 7) is 2.50. The fourth-order valence-electron chi connectivity index (χ4n) is 1.67. The van der Waals surface area contributed by atoms with Gasteiger partial charge in [0.15, 0.2) is 0 Å². The van der Waals surface area contributed by atoms with Crippen LogP contribution in [0.5, 0.6) is 0 Å². The number of hydrogen-bond acceptors (Lipinski definition) is 5. The van der Waals surface area contributed by atoms with Crippen molar-refractivity contribution in [1.29, 1.82) is 0 Å². The number of aryl methyl sites for hydroxylation is 2. The Balaban J connectivity index is 2.09. The third-order valence-corrected chi connectivity index (χ3v) is 3.37. The highest BCUT2D eigenvalue weighted by atomic mass is 32.1. The summed E-state index contributed by atoms with van der Waals surface area (Å²) in [5.41, 5.74) is 1.77. The fourth-order valence-corrected chi connectivity index (χ4v) is 2.42. The van der Waals surface area contributed by atoms with Gasteiger partial charge in [0.1, 0.15) is 4.88 Å². The van der Waals surface area contributed by atoms with Gasteiger partial charge < -0.3 is 4.90 Å². The van der Waals surface area contributed by atoms with Gasteiger partial charge in [-0.25, -0.2) is 0 Å². The molecule has 0 fully saturated rings. The Kier molecular flexibility index (Phi) is 3.71. The minimum atomic E-state index is -0.0364. The van der Waals surface area contributed by atoms with Crippen molar-refractivity contribution in [2.75, 3.05) is 7.05 Å². The van der Waals surface area contributed by atoms with Gasteiger partial charge in [0.2, 0.25) is 0 Å². The minimum absolute atomic E-state index is 0.0364. The molecular weight excluding hydrogens is 250 g/mol. The van der Waals surface area contributed by atoms with Gasteiger partial charge in [-0.05, 0) is 18.0 Å². The number of nitrogens with zero attached hydrogens (tertiary/aromatic N) is 5. The smallest absolute Gasteiger partial charge is 0.267 e. The van der Waals surface area contributed by atoms with Crippen LogP contribution in [0.2, 0.25) is 0 Å². The molecular formula is C11H15N5OS. The Bertz CT molecular complexity index is 547. The number of aromatic nitrogens is 4. The summed E-state index contributed by atoms with van der Waals surface area (Å²) in [5.74, 6) is -0.0364. The Morgan fingerprint density at radius 3 is 2.94 bits per heavy atom. The summed E-state index contributed by atoms with van der Waals surface area (Å²) in [7, 11) is 3.63. The molecule has 7 heteroatoms. The third-order valence-electron chi connectivity index (χ3n) is 2.61. The summed E-state index contributed by atoms with van der Waals surface area (Å²) in [6, 6.07) is 0. The first kappa shape index (κ1) is 12.7. The summed E-state index contributed by atoms with van der Waals surface area (Å²) in [4.78, 5) is 14.5. The normalized spacial score (nSPS) is 10.6. The predicted molar refractivity (Wildman–Crippen MR) is 68.3 cm³/mol. The van der Waals surface area contributed by atoms with Crippen molar-refractivity contribution in [3.8, 4) is 0 Å². The Morgan fingerprint density at radius 2 is 2.33 bits per heavy atom. The van der Waals surface area contributed by atoms with Crippen molar-refractivity contribution >= 4 is 17.4 Å². The zero-order valence-corrected chi connectivity index (χ0v) is 11.4. The maximum atomic E-state index is 12.2. The van der Waals surface area contributed by atoms with Crippen LogP contribution in [-0.4, -0.2) is 37.2 Å². The van der Waals surface area contributed by atoms with E-state index in [0.717, 1.165) is 29.2 Å². The average Bonchev–Trinajstić information content (AvgIpc) is 2.96. The topological polar surface area (TPSA) is 63.9 Å². The second-order valence-corrected chi connectivity index (χ2v) is 4.84. The first-order valence-electron chi connectivity index (χ1n) is 5.66. The molecule has 0 N–H and O–H groups in total. The zero-order valence-electron chi connectivity index (χ0n) is 10.6. The number of rotatable bonds is 4. The van der Waals surface area contributed by atoms with Crippen molar-refractivity contribution in [2.24, 2.45) is 7.05 Å². The molecule has 0 spiro atoms. The Morgan fingerprint density at radius 1 is 1.56 bits per heavy atom. The average molecular weight is 265 g/mol. The molecule has 2 rings (SSSR count). The quantitative estimate of drug-likeness (QED) is 0.830. The summed E-state index contributed by atoms with van der Waals surface area (Å²) in [6.07, 6.45) is 4.38. The van der Waals surface area contributed by atoms with E-state index in [1.807, 2.05) is 20.2 Å². The number of amides is 1. The molecule has 96 valence electrons. The molecule has 6 nitrogen and oxygen atoms in total. The molecule has 2 aromatic rings. The van der Waals surface area contributed by atoms with Gasteiger partial charge in [-0.1, -0.05) is 11.4 Å². The maximum Gasteiger partial charge on any atom is 0.267 e. The molecule has 2 aromatic heterocycles. The van der Waals surface area contributed by atoms with E-state index in [4.69, 9.17) is 0 Å². The van der Waals surface area contributed by atoms with Crippen LogP contribution in [0.15, 0.2) is 12.4 Å². The molecule has 0 atom stereocenters. The molecule has 2 heterocycles. The van der Waals surface area contributed by atoms with E-state index in [1.54, 1.807) is 22.8 Å². The molecule has 0 aliphatic carbocycles. The first-order chi connectivity index (χ1) is 8.61. The van der Waals surface area contributed by atoms with E-state index in [2.05, 4.69) is 14.7 Å². The highest BCUT2D eigenvalue weighted by Gasteiger charge is 2.19. The Hall–Kier alpha value is -1.76. The molecule has 0 bridgehead atoms. The third kappa shape index (κ3) is 2.56. The highest BCUT2D eigenvalue weighted by molar-refractivity contribution is 7.07. The van der Waals surface area contributed by atoms with Crippen LogP contribution < -0.4 is 0 Å². The van der Waals surface area contributed by atoms with Crippen molar-refractivity contribution in [3.63, 3.8) is 0 Å². The van der Waals surface area contributed by atoms with Crippen LogP contribution in [0.4, 0.5) is 0 Å². The predicted octanol–water partition coefficient (Wildman–Crippen LogP) is 1.11. The van der Waals surface area contributed by atoms with Gasteiger partial charge in [-0.3, -0.25) is 9.48 Å². The van der Waals surface area contributed by atoms with Crippen molar-refractivity contribution in [1.82, 2.24) is 24.3 Å². The summed E-state index contributed by atoms with van der Waals surface area (Å²) >= 11 is 1.15. The zero-order chi connectivity index (χ0) is 13.1. The monoisotopic (exact) mass is 265 g/mol. The van der Waals surface area contributed by atoms with Crippen molar-refractivity contribution in [3.05, 3.63) is 28.5 Å². The molecule has 0 saturated heterocycles. The van der Waals surface area contributed by atoms with Crippen LogP contribution in [0.25, 0.3) is 0 Å². The van der Waals surface area contributed by atoms with Crippen LogP contribution >= 0.6 is 11.5 Å². The van der Waals surface area contributed by atoms with E-state index in [1.165, 1.54) is 0 Å². The van der Waals surface area contributed by atoms with Crippen LogP contribution in [0, 0.1) is 0 Å². The lowest BCUT2D eigenvalue weighted by atomic mass is 10.2. The summed E-state index contributed by atoms with van der Waals surface area (Å²) in [5, 5.41) is 8.04. The van der Waals surface area contributed by atoms with Crippen molar-refractivity contribution in [2.45, 2.75) is 19.9 Å². The largest absolute Gasteiger partial charge is 0.336 e. The molecule has 1 amide bonds. The lowest BCUT2D eigenvalue weighted by molar-refractivity contribution is 0.0788. The van der Waals surface area contributed by atoms with Gasteiger partial charge in [0.05, 0.1) is 11.9 Å². The van der Waals surface area contributed by atoms with Gasteiger partial charge in [0.25, 0.3) is 5.91 Å². The van der Waals surface area contributed by atoms with Crippen molar-refractivity contribution < 1.29 is 4.79 Å². The molecule has 0 radical (unpaired) electrons. The van der Waals surface area contributed by atoms with Crippen LogP contribution in [0.3, 0.4) is 0 Å². The highest BCUT2D eigenvalue weighted by Crippen LogP contribution is 2.15. The van der Waals surface area contributed by atoms with Gasteiger partial charge in [0, 0.05) is 32.4 Å². The van der Waals surface area contributed by atoms with Crippen LogP contribution in [0.1, 0.15) is 27.9 Å². The second-order valence-electron chi connectivity index (χ2n) is 4.09. The molecule has 0 unspecified atom stereocenters. The number of carbonyl (C=O) groups is 1. The molecule has 0 aromatic carbocycles. The first-order valence-corrected chi connectivity index (χ1v) is 6.43. The van der Waals surface area contributed by atoms with E-state index in [-0.39, 0.29) is 5.91 Å². The van der Waals surface area contributed by atoms with E-state index < -0.39 is 0 Å². The van der Waals surface area contributed by atoms with E-state index >= 15 is 0 Å². The van der Waals surface area contributed by atoms with E-state index in [0.29, 0.717) is 11.4 Å². The standard InChI is InChI=1S/C11H15N5OS/c1-4-9-10(18-14-13-9)11(17)15(2)6-8-5-12-16(3)7-8/h5,7H,4,6H2,1-3H3. The van der Waals surface area contributed by atoms with Gasteiger partial charge in [-0.2, -0.15) is 5.10 Å². The van der Waals surface area contributed by atoms with E-state index in [9.17, 15) is 4.79 Å². The minimum Gasteiger partial charge on any atom is -0.336 e. The van der Waals surface area contributed by atoms with Gasteiger partial charge >= 0.3 is 0 Å². The number of carbonyl (C=O) groups excluding carboxylic acids is 1. The molecule has 0 aliphatic heterocycles. The summed E-state index contributed by atoms with van der Waals surface area (Å²) < 4.78 is 5.56. The van der Waals surface area contributed by atoms with Crippen LogP contribution in [-0.2, 0) is 20.0 Å².